The highest BCUT2D eigenvalue weighted by atomic mass is 32.2. The third-order valence-electron chi connectivity index (χ3n) is 3.09. The van der Waals surface area contributed by atoms with Crippen LogP contribution in [0.1, 0.15) is 44.0 Å². The summed E-state index contributed by atoms with van der Waals surface area (Å²) in [4.78, 5) is 11.3. The summed E-state index contributed by atoms with van der Waals surface area (Å²) >= 11 is 0. The number of sulfonamides is 1. The molecule has 0 unspecified atom stereocenters. The largest absolute Gasteiger partial charge is 0.478 e. The van der Waals surface area contributed by atoms with E-state index in [9.17, 15) is 18.3 Å². The zero-order valence-corrected chi connectivity index (χ0v) is 13.3. The smallest absolute Gasteiger partial charge is 0.337 e. The SMILES string of the molecule is CCCNS(=O)(=O)c1ccc(N[C@H](C)CC)c(C(=O)O)c1. The van der Waals surface area contributed by atoms with Gasteiger partial charge in [-0.2, -0.15) is 0 Å². The maximum absolute atomic E-state index is 12.0. The van der Waals surface area contributed by atoms with E-state index in [4.69, 9.17) is 0 Å². The van der Waals surface area contributed by atoms with E-state index in [1.54, 1.807) is 0 Å². The third-order valence-corrected chi connectivity index (χ3v) is 4.55. The average molecular weight is 314 g/mol. The van der Waals surface area contributed by atoms with Crippen molar-refractivity contribution in [3.05, 3.63) is 23.8 Å². The van der Waals surface area contributed by atoms with Gasteiger partial charge in [-0.1, -0.05) is 13.8 Å². The Morgan fingerprint density at radius 3 is 2.52 bits per heavy atom. The molecule has 1 aromatic rings. The Bertz CT molecular complexity index is 599. The van der Waals surface area contributed by atoms with E-state index in [0.717, 1.165) is 6.42 Å². The zero-order valence-electron chi connectivity index (χ0n) is 12.5. The summed E-state index contributed by atoms with van der Waals surface area (Å²) in [6, 6.07) is 4.19. The van der Waals surface area contributed by atoms with E-state index in [1.807, 2.05) is 20.8 Å². The van der Waals surface area contributed by atoms with Crippen molar-refractivity contribution in [2.24, 2.45) is 0 Å². The summed E-state index contributed by atoms with van der Waals surface area (Å²) in [5.74, 6) is -1.16. The van der Waals surface area contributed by atoms with Crippen molar-refractivity contribution in [2.75, 3.05) is 11.9 Å². The van der Waals surface area contributed by atoms with Gasteiger partial charge in [-0.05, 0) is 38.0 Å². The molecule has 0 aromatic heterocycles. The van der Waals surface area contributed by atoms with E-state index >= 15 is 0 Å². The molecular weight excluding hydrogens is 292 g/mol. The van der Waals surface area contributed by atoms with E-state index in [2.05, 4.69) is 10.0 Å². The fourth-order valence-electron chi connectivity index (χ4n) is 1.68. The Morgan fingerprint density at radius 2 is 2.00 bits per heavy atom. The van der Waals surface area contributed by atoms with Crippen molar-refractivity contribution < 1.29 is 18.3 Å². The van der Waals surface area contributed by atoms with Crippen LogP contribution in [0, 0.1) is 0 Å². The molecule has 1 atom stereocenters. The molecule has 3 N–H and O–H groups in total. The molecule has 0 spiro atoms. The van der Waals surface area contributed by atoms with Crippen LogP contribution in [0.2, 0.25) is 0 Å². The molecule has 0 fully saturated rings. The lowest BCUT2D eigenvalue weighted by atomic mass is 10.1. The molecule has 1 aromatic carbocycles. The molecule has 0 saturated carbocycles. The van der Waals surface area contributed by atoms with Gasteiger partial charge in [-0.25, -0.2) is 17.9 Å². The molecule has 0 aliphatic heterocycles. The number of hydrogen-bond acceptors (Lipinski definition) is 4. The molecule has 0 aliphatic carbocycles. The van der Waals surface area contributed by atoms with Gasteiger partial charge in [0.1, 0.15) is 0 Å². The molecule has 0 amide bonds. The molecule has 0 radical (unpaired) electrons. The number of anilines is 1. The van der Waals surface area contributed by atoms with Gasteiger partial charge in [0, 0.05) is 18.3 Å². The first-order chi connectivity index (χ1) is 9.81. The normalized spacial score (nSPS) is 12.9. The van der Waals surface area contributed by atoms with Crippen LogP contribution < -0.4 is 10.0 Å². The summed E-state index contributed by atoms with van der Waals surface area (Å²) in [5.41, 5.74) is 0.376. The van der Waals surface area contributed by atoms with Gasteiger partial charge >= 0.3 is 5.97 Å². The van der Waals surface area contributed by atoms with Crippen LogP contribution in [-0.4, -0.2) is 32.1 Å². The van der Waals surface area contributed by atoms with Crippen molar-refractivity contribution in [2.45, 2.75) is 44.6 Å². The second-order valence-corrected chi connectivity index (χ2v) is 6.63. The maximum Gasteiger partial charge on any atom is 0.337 e. The number of carboxylic acids is 1. The number of benzene rings is 1. The van der Waals surface area contributed by atoms with E-state index in [1.165, 1.54) is 18.2 Å². The second-order valence-electron chi connectivity index (χ2n) is 4.86. The van der Waals surface area contributed by atoms with E-state index in [0.29, 0.717) is 18.7 Å². The molecule has 7 heteroatoms. The first kappa shape index (κ1) is 17.5. The Kier molecular flexibility index (Phi) is 6.17. The molecule has 118 valence electrons. The first-order valence-corrected chi connectivity index (χ1v) is 8.43. The minimum Gasteiger partial charge on any atom is -0.478 e. The molecule has 0 bridgehead atoms. The van der Waals surface area contributed by atoms with Gasteiger partial charge in [0.2, 0.25) is 10.0 Å². The summed E-state index contributed by atoms with van der Waals surface area (Å²) in [7, 11) is -3.67. The van der Waals surface area contributed by atoms with Gasteiger partial charge in [0.15, 0.2) is 0 Å². The van der Waals surface area contributed by atoms with Crippen LogP contribution in [-0.2, 0) is 10.0 Å². The Morgan fingerprint density at radius 1 is 1.33 bits per heavy atom. The van der Waals surface area contributed by atoms with Crippen molar-refractivity contribution in [3.8, 4) is 0 Å². The van der Waals surface area contributed by atoms with Crippen molar-refractivity contribution in [1.82, 2.24) is 4.72 Å². The van der Waals surface area contributed by atoms with E-state index in [-0.39, 0.29) is 16.5 Å². The summed E-state index contributed by atoms with van der Waals surface area (Å²) in [5, 5.41) is 12.3. The van der Waals surface area contributed by atoms with Gasteiger partial charge in [-0.15, -0.1) is 0 Å². The van der Waals surface area contributed by atoms with Crippen LogP contribution in [0.4, 0.5) is 5.69 Å². The van der Waals surface area contributed by atoms with Gasteiger partial charge in [0.25, 0.3) is 0 Å². The Balaban J connectivity index is 3.17. The number of carboxylic acid groups (broad SMARTS) is 1. The van der Waals surface area contributed by atoms with Crippen LogP contribution in [0.15, 0.2) is 23.1 Å². The van der Waals surface area contributed by atoms with E-state index < -0.39 is 16.0 Å². The fourth-order valence-corrected chi connectivity index (χ4v) is 2.84. The van der Waals surface area contributed by atoms with Crippen LogP contribution in [0.3, 0.4) is 0 Å². The third kappa shape index (κ3) is 4.71. The number of hydrogen-bond donors (Lipinski definition) is 3. The monoisotopic (exact) mass is 314 g/mol. The summed E-state index contributed by atoms with van der Waals surface area (Å²) in [6.45, 7) is 6.08. The van der Waals surface area contributed by atoms with Crippen molar-refractivity contribution >= 4 is 21.7 Å². The summed E-state index contributed by atoms with van der Waals surface area (Å²) < 4.78 is 26.5. The van der Waals surface area contributed by atoms with Gasteiger partial charge in [0.05, 0.1) is 10.5 Å². The topological polar surface area (TPSA) is 95.5 Å². The standard InChI is InChI=1S/C14H22N2O4S/c1-4-8-15-21(19,20)11-6-7-13(16-10(3)5-2)12(9-11)14(17)18/h6-7,9-10,15-16H,4-5,8H2,1-3H3,(H,17,18)/t10-/m1/s1. The lowest BCUT2D eigenvalue weighted by Crippen LogP contribution is -2.25. The number of aromatic carboxylic acids is 1. The number of nitrogens with one attached hydrogen (secondary N) is 2. The predicted molar refractivity (Wildman–Crippen MR) is 82.3 cm³/mol. The maximum atomic E-state index is 12.0. The fraction of sp³-hybridized carbons (Fsp3) is 0.500. The molecular formula is C14H22N2O4S. The summed E-state index contributed by atoms with van der Waals surface area (Å²) in [6.07, 6.45) is 1.50. The van der Waals surface area contributed by atoms with Gasteiger partial charge in [-0.3, -0.25) is 0 Å². The first-order valence-electron chi connectivity index (χ1n) is 6.95. The molecule has 1 rings (SSSR count). The zero-order chi connectivity index (χ0) is 16.0. The van der Waals surface area contributed by atoms with Crippen molar-refractivity contribution in [3.63, 3.8) is 0 Å². The van der Waals surface area contributed by atoms with Crippen LogP contribution in [0.5, 0.6) is 0 Å². The molecule has 0 saturated heterocycles. The van der Waals surface area contributed by atoms with Crippen molar-refractivity contribution in [1.29, 1.82) is 0 Å². The minimum absolute atomic E-state index is 0.0388. The lowest BCUT2D eigenvalue weighted by molar-refractivity contribution is 0.0697. The molecule has 21 heavy (non-hydrogen) atoms. The highest BCUT2D eigenvalue weighted by Gasteiger charge is 2.19. The lowest BCUT2D eigenvalue weighted by Gasteiger charge is -2.16. The second kappa shape index (κ2) is 7.42. The number of carbonyl (C=O) groups is 1. The van der Waals surface area contributed by atoms with Crippen LogP contribution in [0.25, 0.3) is 0 Å². The highest BCUT2D eigenvalue weighted by molar-refractivity contribution is 7.89. The molecule has 6 nitrogen and oxygen atoms in total. The predicted octanol–water partition coefficient (Wildman–Crippen LogP) is 2.28. The highest BCUT2D eigenvalue weighted by Crippen LogP contribution is 2.22. The minimum atomic E-state index is -3.67. The number of rotatable bonds is 8. The van der Waals surface area contributed by atoms with Gasteiger partial charge < -0.3 is 10.4 Å². The van der Waals surface area contributed by atoms with Crippen LogP contribution >= 0.6 is 0 Å². The quantitative estimate of drug-likeness (QED) is 0.684. The Hall–Kier alpha value is -1.60. The molecule has 0 aliphatic rings. The Labute approximate surface area is 125 Å². The molecule has 0 heterocycles. The average Bonchev–Trinajstić information content (AvgIpc) is 2.44.